The van der Waals surface area contributed by atoms with E-state index in [1.165, 1.54) is 4.31 Å². The van der Waals surface area contributed by atoms with Crippen LogP contribution in [0.3, 0.4) is 0 Å². The van der Waals surface area contributed by atoms with Gasteiger partial charge < -0.3 is 0 Å². The van der Waals surface area contributed by atoms with E-state index in [-0.39, 0.29) is 5.75 Å². The average molecular weight is 340 g/mol. The quantitative estimate of drug-likeness (QED) is 0.797. The predicted octanol–water partition coefficient (Wildman–Crippen LogP) is 3.32. The Bertz CT molecular complexity index is 454. The predicted molar refractivity (Wildman–Crippen MR) is 76.7 cm³/mol. The minimum Gasteiger partial charge on any atom is -0.212 e. The lowest BCUT2D eigenvalue weighted by molar-refractivity contribution is 0.463. The highest BCUT2D eigenvalue weighted by molar-refractivity contribution is 9.10. The molecular weight excluding hydrogens is 322 g/mol. The molecule has 0 bridgehead atoms. The van der Waals surface area contributed by atoms with E-state index in [0.29, 0.717) is 18.9 Å². The van der Waals surface area contributed by atoms with Crippen LogP contribution in [0.4, 0.5) is 0 Å². The van der Waals surface area contributed by atoms with Gasteiger partial charge in [-0.2, -0.15) is 4.31 Å². The Hall–Kier alpha value is 0.0900. The normalized spacial score (nSPS) is 12.6. The summed E-state index contributed by atoms with van der Waals surface area (Å²) >= 11 is 4.93. The molecule has 17 heavy (non-hydrogen) atoms. The van der Waals surface area contributed by atoms with Gasteiger partial charge in [-0.3, -0.25) is 0 Å². The van der Waals surface area contributed by atoms with Crippen molar-refractivity contribution in [1.82, 2.24) is 4.31 Å². The fourth-order valence-electron chi connectivity index (χ4n) is 1.30. The maximum Gasteiger partial charge on any atom is 0.214 e. The zero-order chi connectivity index (χ0) is 13.1. The molecule has 6 heteroatoms. The van der Waals surface area contributed by atoms with E-state index in [1.54, 1.807) is 18.4 Å². The molecule has 0 radical (unpaired) electrons. The molecule has 1 aromatic rings. The summed E-state index contributed by atoms with van der Waals surface area (Å²) in [5, 5.41) is 1.96. The van der Waals surface area contributed by atoms with Crippen LogP contribution in [0.25, 0.3) is 0 Å². The molecule has 3 nitrogen and oxygen atoms in total. The van der Waals surface area contributed by atoms with Gasteiger partial charge in [0.15, 0.2) is 0 Å². The summed E-state index contributed by atoms with van der Waals surface area (Å²) in [4.78, 5) is 1.05. The summed E-state index contributed by atoms with van der Waals surface area (Å²) in [6, 6.07) is 1.96. The van der Waals surface area contributed by atoms with E-state index in [4.69, 9.17) is 0 Å². The van der Waals surface area contributed by atoms with Crippen LogP contribution in [0.2, 0.25) is 0 Å². The van der Waals surface area contributed by atoms with Gasteiger partial charge in [0.2, 0.25) is 10.0 Å². The van der Waals surface area contributed by atoms with E-state index in [0.717, 1.165) is 9.35 Å². The highest BCUT2D eigenvalue weighted by Gasteiger charge is 2.18. The van der Waals surface area contributed by atoms with Crippen molar-refractivity contribution >= 4 is 37.3 Å². The van der Waals surface area contributed by atoms with Crippen LogP contribution in [0.5, 0.6) is 0 Å². The van der Waals surface area contributed by atoms with Gasteiger partial charge in [0.25, 0.3) is 0 Å². The highest BCUT2D eigenvalue weighted by atomic mass is 79.9. The van der Waals surface area contributed by atoms with Crippen LogP contribution in [-0.4, -0.2) is 25.5 Å². The third kappa shape index (κ3) is 5.07. The summed E-state index contributed by atoms with van der Waals surface area (Å²) in [6.07, 6.45) is 0.709. The molecule has 0 aliphatic carbocycles. The van der Waals surface area contributed by atoms with Crippen LogP contribution in [-0.2, 0) is 16.6 Å². The molecule has 0 saturated heterocycles. The molecule has 0 aliphatic heterocycles. The number of rotatable bonds is 6. The van der Waals surface area contributed by atoms with Crippen molar-refractivity contribution in [2.75, 3.05) is 12.8 Å². The van der Waals surface area contributed by atoms with Gasteiger partial charge in [-0.25, -0.2) is 8.42 Å². The second-order valence-corrected chi connectivity index (χ2v) is 8.59. The lowest BCUT2D eigenvalue weighted by atomic mass is 10.2. The second-order valence-electron chi connectivity index (χ2n) is 4.49. The fourth-order valence-corrected chi connectivity index (χ4v) is 4.30. The summed E-state index contributed by atoms with van der Waals surface area (Å²) in [5.74, 6) is 0.641. The number of halogens is 1. The van der Waals surface area contributed by atoms with Crippen molar-refractivity contribution in [2.45, 2.75) is 26.8 Å². The molecule has 0 spiro atoms. The maximum atomic E-state index is 12.0. The average Bonchev–Trinajstić information content (AvgIpc) is 2.61. The first-order chi connectivity index (χ1) is 7.81. The molecule has 0 aliphatic rings. The number of sulfonamides is 1. The van der Waals surface area contributed by atoms with E-state index < -0.39 is 10.0 Å². The molecule has 0 atom stereocenters. The SMILES string of the molecule is CC(C)CCS(=O)(=O)N(C)Cc1cc(Br)cs1. The third-order valence-corrected chi connectivity index (χ3v) is 5.94. The van der Waals surface area contributed by atoms with Gasteiger partial charge >= 0.3 is 0 Å². The van der Waals surface area contributed by atoms with Crippen LogP contribution in [0, 0.1) is 5.92 Å². The van der Waals surface area contributed by atoms with Gasteiger partial charge in [-0.15, -0.1) is 11.3 Å². The number of hydrogen-bond acceptors (Lipinski definition) is 3. The highest BCUT2D eigenvalue weighted by Crippen LogP contribution is 2.21. The molecule has 1 aromatic heterocycles. The first-order valence-corrected chi connectivity index (χ1v) is 8.76. The fraction of sp³-hybridized carbons (Fsp3) is 0.636. The summed E-state index contributed by atoms with van der Waals surface area (Å²) in [6.45, 7) is 4.52. The largest absolute Gasteiger partial charge is 0.214 e. The third-order valence-electron chi connectivity index (χ3n) is 2.43. The van der Waals surface area contributed by atoms with E-state index >= 15 is 0 Å². The lowest BCUT2D eigenvalue weighted by Crippen LogP contribution is -2.29. The van der Waals surface area contributed by atoms with Crippen molar-refractivity contribution < 1.29 is 8.42 Å². The molecule has 98 valence electrons. The van der Waals surface area contributed by atoms with Gasteiger partial charge in [0, 0.05) is 28.3 Å². The second kappa shape index (κ2) is 6.31. The Labute approximate surface area is 116 Å². The molecule has 0 amide bonds. The van der Waals surface area contributed by atoms with E-state index in [9.17, 15) is 8.42 Å². The van der Waals surface area contributed by atoms with Gasteiger partial charge in [-0.05, 0) is 34.3 Å². The smallest absolute Gasteiger partial charge is 0.212 e. The maximum absolute atomic E-state index is 12.0. The summed E-state index contributed by atoms with van der Waals surface area (Å²) < 4.78 is 26.4. The van der Waals surface area contributed by atoms with Crippen LogP contribution in [0.15, 0.2) is 15.9 Å². The minimum absolute atomic E-state index is 0.230. The van der Waals surface area contributed by atoms with Crippen LogP contribution >= 0.6 is 27.3 Å². The topological polar surface area (TPSA) is 37.4 Å². The first-order valence-electron chi connectivity index (χ1n) is 5.48. The molecular formula is C11H18BrNO2S2. The number of thiophene rings is 1. The molecule has 0 saturated carbocycles. The van der Waals surface area contributed by atoms with Gasteiger partial charge in [0.05, 0.1) is 5.75 Å². The molecule has 0 aromatic carbocycles. The van der Waals surface area contributed by atoms with Crippen molar-refractivity contribution in [2.24, 2.45) is 5.92 Å². The summed E-state index contributed by atoms with van der Waals surface area (Å²) in [5.41, 5.74) is 0. The Morgan fingerprint density at radius 3 is 2.59 bits per heavy atom. The van der Waals surface area contributed by atoms with Gasteiger partial charge in [-0.1, -0.05) is 13.8 Å². The van der Waals surface area contributed by atoms with E-state index in [2.05, 4.69) is 15.9 Å². The van der Waals surface area contributed by atoms with Crippen LogP contribution in [0.1, 0.15) is 25.1 Å². The molecule has 1 heterocycles. The molecule has 0 N–H and O–H groups in total. The van der Waals surface area contributed by atoms with Gasteiger partial charge in [0.1, 0.15) is 0 Å². The van der Waals surface area contributed by atoms with Crippen molar-refractivity contribution in [3.63, 3.8) is 0 Å². The first kappa shape index (κ1) is 15.1. The number of nitrogens with zero attached hydrogens (tertiary/aromatic N) is 1. The van der Waals surface area contributed by atoms with Crippen LogP contribution < -0.4 is 0 Å². The Kier molecular flexibility index (Phi) is 5.63. The van der Waals surface area contributed by atoms with Crippen molar-refractivity contribution in [3.8, 4) is 0 Å². The van der Waals surface area contributed by atoms with Crippen molar-refractivity contribution in [3.05, 3.63) is 20.8 Å². The van der Waals surface area contributed by atoms with E-state index in [1.807, 2.05) is 25.3 Å². The molecule has 0 fully saturated rings. The molecule has 1 rings (SSSR count). The standard InChI is InChI=1S/C11H18BrNO2S2/c1-9(2)4-5-17(14,15)13(3)7-11-6-10(12)8-16-11/h6,8-9H,4-5,7H2,1-3H3. The monoisotopic (exact) mass is 339 g/mol. The zero-order valence-corrected chi connectivity index (χ0v) is 13.5. The minimum atomic E-state index is -3.12. The molecule has 0 unspecified atom stereocenters. The number of hydrogen-bond donors (Lipinski definition) is 0. The Morgan fingerprint density at radius 2 is 2.12 bits per heavy atom. The summed E-state index contributed by atoms with van der Waals surface area (Å²) in [7, 11) is -1.48. The lowest BCUT2D eigenvalue weighted by Gasteiger charge is -2.16. The zero-order valence-electron chi connectivity index (χ0n) is 10.3. The Morgan fingerprint density at radius 1 is 1.47 bits per heavy atom. The Balaban J connectivity index is 2.59. The van der Waals surface area contributed by atoms with Crippen molar-refractivity contribution in [1.29, 1.82) is 0 Å².